The normalized spacial score (nSPS) is 12.4. The summed E-state index contributed by atoms with van der Waals surface area (Å²) in [5, 5.41) is 0. The first-order valence-corrected chi connectivity index (χ1v) is 9.04. The number of rotatable bonds is 14. The Morgan fingerprint density at radius 3 is 1.40 bits per heavy atom. The van der Waals surface area contributed by atoms with E-state index in [9.17, 15) is 0 Å². The van der Waals surface area contributed by atoms with Gasteiger partial charge in [0.15, 0.2) is 0 Å². The molecule has 0 rings (SSSR count). The Morgan fingerprint density at radius 1 is 0.600 bits per heavy atom. The molecule has 0 spiro atoms. The van der Waals surface area contributed by atoms with Crippen molar-refractivity contribution < 1.29 is 0 Å². The quantitative estimate of drug-likeness (QED) is 0.333. The van der Waals surface area contributed by atoms with Crippen LogP contribution in [0.5, 0.6) is 0 Å². The molecule has 0 heterocycles. The first-order chi connectivity index (χ1) is 9.29. The van der Waals surface area contributed by atoms with Crippen molar-refractivity contribution in [3.8, 4) is 0 Å². The van der Waals surface area contributed by atoms with E-state index in [0.29, 0.717) is 0 Å². The molecule has 0 aliphatic heterocycles. The van der Waals surface area contributed by atoms with Crippen LogP contribution in [-0.2, 0) is 0 Å². The molecule has 0 aliphatic rings. The molecule has 0 aliphatic carbocycles. The molecule has 0 saturated heterocycles. The summed E-state index contributed by atoms with van der Waals surface area (Å²) in [6.45, 7) is 11.7. The molecule has 0 saturated carbocycles. The first kappa shape index (κ1) is 22.5. The highest BCUT2D eigenvalue weighted by atomic mass is 35.5. The highest BCUT2D eigenvalue weighted by molar-refractivity contribution is 5.85. The fraction of sp³-hybridized carbons (Fsp3) is 1.00. The molecule has 0 aromatic heterocycles. The topological polar surface area (TPSA) is 3.24 Å². The lowest BCUT2D eigenvalue weighted by Gasteiger charge is -2.30. The lowest BCUT2D eigenvalue weighted by atomic mass is 9.99. The Morgan fingerprint density at radius 2 is 1.00 bits per heavy atom. The average molecular weight is 306 g/mol. The lowest BCUT2D eigenvalue weighted by molar-refractivity contribution is 0.188. The average Bonchev–Trinajstić information content (AvgIpc) is 2.43. The van der Waals surface area contributed by atoms with Crippen molar-refractivity contribution in [3.63, 3.8) is 0 Å². The molecular weight excluding hydrogens is 266 g/mol. The van der Waals surface area contributed by atoms with E-state index in [2.05, 4.69) is 32.6 Å². The Labute approximate surface area is 135 Å². The predicted molar refractivity (Wildman–Crippen MR) is 96.1 cm³/mol. The number of halogens is 1. The van der Waals surface area contributed by atoms with E-state index in [1.165, 1.54) is 83.7 Å². The van der Waals surface area contributed by atoms with Gasteiger partial charge < -0.3 is 4.90 Å². The van der Waals surface area contributed by atoms with Crippen LogP contribution in [0.1, 0.15) is 98.3 Å². The summed E-state index contributed by atoms with van der Waals surface area (Å²) in [6.07, 6.45) is 15.6. The molecule has 0 aromatic rings. The Bertz CT molecular complexity index is 169. The molecule has 2 heteroatoms. The van der Waals surface area contributed by atoms with Gasteiger partial charge >= 0.3 is 0 Å². The molecule has 0 aromatic carbocycles. The largest absolute Gasteiger partial charge is 0.301 e. The first-order valence-electron chi connectivity index (χ1n) is 9.04. The molecule has 0 radical (unpaired) electrons. The Balaban J connectivity index is 0. The number of nitrogens with zero attached hydrogens (tertiary/aromatic N) is 1. The zero-order valence-electron chi connectivity index (χ0n) is 14.6. The summed E-state index contributed by atoms with van der Waals surface area (Å²) in [6, 6.07) is 0.855. The molecule has 124 valence electrons. The zero-order chi connectivity index (χ0) is 14.3. The predicted octanol–water partition coefficient (Wildman–Crippen LogP) is 6.45. The number of hydrogen-bond donors (Lipinski definition) is 0. The maximum atomic E-state index is 2.69. The summed E-state index contributed by atoms with van der Waals surface area (Å²) in [5.74, 6) is 0. The third-order valence-corrected chi connectivity index (χ3v) is 4.36. The summed E-state index contributed by atoms with van der Waals surface area (Å²) >= 11 is 0. The smallest absolute Gasteiger partial charge is 0.00950 e. The van der Waals surface area contributed by atoms with Crippen LogP contribution in [0.25, 0.3) is 0 Å². The van der Waals surface area contributed by atoms with Gasteiger partial charge in [-0.3, -0.25) is 0 Å². The van der Waals surface area contributed by atoms with E-state index in [0.717, 1.165) is 6.04 Å². The van der Waals surface area contributed by atoms with Crippen molar-refractivity contribution in [1.29, 1.82) is 0 Å². The molecule has 0 bridgehead atoms. The Hall–Kier alpha value is 0.250. The minimum Gasteiger partial charge on any atom is -0.301 e. The van der Waals surface area contributed by atoms with Crippen molar-refractivity contribution in [3.05, 3.63) is 0 Å². The van der Waals surface area contributed by atoms with Gasteiger partial charge in [-0.2, -0.15) is 0 Å². The molecule has 0 amide bonds. The van der Waals surface area contributed by atoms with Crippen LogP contribution >= 0.6 is 12.4 Å². The van der Waals surface area contributed by atoms with Crippen LogP contribution in [0.4, 0.5) is 0 Å². The van der Waals surface area contributed by atoms with Gasteiger partial charge in [-0.15, -0.1) is 12.4 Å². The van der Waals surface area contributed by atoms with Gasteiger partial charge in [0.1, 0.15) is 0 Å². The van der Waals surface area contributed by atoms with Crippen LogP contribution in [0.15, 0.2) is 0 Å². The van der Waals surface area contributed by atoms with E-state index in [1.807, 2.05) is 0 Å². The minimum absolute atomic E-state index is 0. The summed E-state index contributed by atoms with van der Waals surface area (Å²) in [4.78, 5) is 2.69. The third-order valence-electron chi connectivity index (χ3n) is 4.36. The van der Waals surface area contributed by atoms with Crippen molar-refractivity contribution in [2.24, 2.45) is 0 Å². The Kier molecular flexibility index (Phi) is 19.5. The summed E-state index contributed by atoms with van der Waals surface area (Å²) < 4.78 is 0. The maximum absolute atomic E-state index is 2.69. The van der Waals surface area contributed by atoms with E-state index in [-0.39, 0.29) is 12.4 Å². The van der Waals surface area contributed by atoms with Crippen LogP contribution in [0.3, 0.4) is 0 Å². The molecule has 1 atom stereocenters. The fourth-order valence-corrected chi connectivity index (χ4v) is 3.04. The van der Waals surface area contributed by atoms with E-state index in [4.69, 9.17) is 0 Å². The van der Waals surface area contributed by atoms with Crippen molar-refractivity contribution in [2.75, 3.05) is 13.1 Å². The van der Waals surface area contributed by atoms with Gasteiger partial charge in [0.2, 0.25) is 0 Å². The van der Waals surface area contributed by atoms with Crippen molar-refractivity contribution in [2.45, 2.75) is 104 Å². The van der Waals surface area contributed by atoms with Gasteiger partial charge in [0, 0.05) is 6.04 Å². The molecule has 0 N–H and O–H groups in total. The van der Waals surface area contributed by atoms with Gasteiger partial charge in [-0.1, -0.05) is 85.5 Å². The van der Waals surface area contributed by atoms with Crippen molar-refractivity contribution in [1.82, 2.24) is 4.90 Å². The monoisotopic (exact) mass is 305 g/mol. The van der Waals surface area contributed by atoms with E-state index < -0.39 is 0 Å². The molecular formula is C18H40ClN. The lowest BCUT2D eigenvalue weighted by Crippen LogP contribution is -2.35. The zero-order valence-corrected chi connectivity index (χ0v) is 15.4. The highest BCUT2D eigenvalue weighted by Gasteiger charge is 2.14. The fourth-order valence-electron chi connectivity index (χ4n) is 3.04. The van der Waals surface area contributed by atoms with Gasteiger partial charge in [0.05, 0.1) is 0 Å². The van der Waals surface area contributed by atoms with Crippen molar-refractivity contribution >= 4 is 12.4 Å². The number of unbranched alkanes of at least 4 members (excludes halogenated alkanes) is 7. The second kappa shape index (κ2) is 17.3. The van der Waals surface area contributed by atoms with Gasteiger partial charge in [-0.05, 0) is 25.9 Å². The van der Waals surface area contributed by atoms with Crippen LogP contribution in [-0.4, -0.2) is 24.0 Å². The minimum atomic E-state index is 0. The molecule has 1 nitrogen and oxygen atoms in total. The molecule has 20 heavy (non-hydrogen) atoms. The standard InChI is InChI=1S/C18H39N.ClH/c1-5-9-11-13-15-17-18(19(7-3)8-4)16-14-12-10-6-2;/h18H,5-17H2,1-4H3;1H. The summed E-state index contributed by atoms with van der Waals surface area (Å²) in [7, 11) is 0. The van der Waals surface area contributed by atoms with Crippen LogP contribution < -0.4 is 0 Å². The maximum Gasteiger partial charge on any atom is 0.00950 e. The van der Waals surface area contributed by atoms with E-state index >= 15 is 0 Å². The second-order valence-corrected chi connectivity index (χ2v) is 5.93. The number of hydrogen-bond acceptors (Lipinski definition) is 1. The third kappa shape index (κ3) is 12.0. The summed E-state index contributed by atoms with van der Waals surface area (Å²) in [5.41, 5.74) is 0. The second-order valence-electron chi connectivity index (χ2n) is 5.93. The molecule has 1 unspecified atom stereocenters. The van der Waals surface area contributed by atoms with Gasteiger partial charge in [0.25, 0.3) is 0 Å². The highest BCUT2D eigenvalue weighted by Crippen LogP contribution is 2.17. The van der Waals surface area contributed by atoms with Crippen LogP contribution in [0.2, 0.25) is 0 Å². The van der Waals surface area contributed by atoms with E-state index in [1.54, 1.807) is 0 Å². The SMILES string of the molecule is CCCCCCCC(CCCCCC)N(CC)CC.Cl. The van der Waals surface area contributed by atoms with Gasteiger partial charge in [-0.25, -0.2) is 0 Å². The van der Waals surface area contributed by atoms with Crippen LogP contribution in [0, 0.1) is 0 Å². The molecule has 0 fully saturated rings.